The van der Waals surface area contributed by atoms with Crippen molar-refractivity contribution in [3.05, 3.63) is 63.9 Å². The van der Waals surface area contributed by atoms with E-state index in [1.807, 2.05) is 32.2 Å². The Bertz CT molecular complexity index is 1270. The number of anilines is 1. The van der Waals surface area contributed by atoms with Crippen LogP contribution in [0.15, 0.2) is 45.7 Å². The zero-order chi connectivity index (χ0) is 20.7. The second-order valence-electron chi connectivity index (χ2n) is 7.90. The van der Waals surface area contributed by atoms with Crippen molar-refractivity contribution < 1.29 is 4.42 Å². The number of aromatic amines is 1. The number of hydrogen-bond donors (Lipinski definition) is 1. The van der Waals surface area contributed by atoms with Crippen LogP contribution >= 0.6 is 0 Å². The summed E-state index contributed by atoms with van der Waals surface area (Å²) < 4.78 is 5.58. The Morgan fingerprint density at radius 3 is 2.73 bits per heavy atom. The van der Waals surface area contributed by atoms with Crippen molar-refractivity contribution in [2.24, 2.45) is 0 Å². The van der Waals surface area contributed by atoms with E-state index in [4.69, 9.17) is 4.42 Å². The van der Waals surface area contributed by atoms with Crippen molar-refractivity contribution in [1.29, 1.82) is 0 Å². The van der Waals surface area contributed by atoms with Crippen LogP contribution in [0.5, 0.6) is 0 Å². The van der Waals surface area contributed by atoms with Gasteiger partial charge in [0.25, 0.3) is 5.56 Å². The zero-order valence-corrected chi connectivity index (χ0v) is 17.3. The maximum Gasteiger partial charge on any atom is 0.251 e. The molecular weight excluding hydrogens is 378 g/mol. The summed E-state index contributed by atoms with van der Waals surface area (Å²) in [5, 5.41) is 0. The van der Waals surface area contributed by atoms with Gasteiger partial charge in [-0.3, -0.25) is 14.7 Å². The number of hydrogen-bond acceptors (Lipinski definition) is 6. The normalized spacial score (nSPS) is 15.3. The first-order valence-corrected chi connectivity index (χ1v) is 10.4. The van der Waals surface area contributed by atoms with Crippen LogP contribution in [-0.4, -0.2) is 46.0 Å². The molecule has 0 atom stereocenters. The number of H-pyrrole nitrogens is 1. The van der Waals surface area contributed by atoms with E-state index in [0.717, 1.165) is 66.0 Å². The number of nitrogens with one attached hydrogen (secondary N) is 1. The molecule has 4 heterocycles. The summed E-state index contributed by atoms with van der Waals surface area (Å²) in [5.74, 6) is 0.697. The van der Waals surface area contributed by atoms with Gasteiger partial charge in [0, 0.05) is 57.1 Å². The quantitative estimate of drug-likeness (QED) is 0.564. The zero-order valence-electron chi connectivity index (χ0n) is 17.3. The smallest absolute Gasteiger partial charge is 0.251 e. The Hall–Kier alpha value is -3.19. The van der Waals surface area contributed by atoms with Gasteiger partial charge in [-0.2, -0.15) is 0 Å². The second kappa shape index (κ2) is 7.57. The summed E-state index contributed by atoms with van der Waals surface area (Å²) in [6.07, 6.45) is 2.63. The number of pyridine rings is 2. The molecule has 1 aliphatic rings. The van der Waals surface area contributed by atoms with Crippen LogP contribution in [0, 0.1) is 6.92 Å². The van der Waals surface area contributed by atoms with Gasteiger partial charge in [-0.05, 0) is 42.3 Å². The van der Waals surface area contributed by atoms with E-state index < -0.39 is 0 Å². The Morgan fingerprint density at radius 2 is 1.93 bits per heavy atom. The molecule has 7 heteroatoms. The minimum absolute atomic E-state index is 0.0168. The number of nitrogens with zero attached hydrogens (tertiary/aromatic N) is 4. The molecule has 154 valence electrons. The average Bonchev–Trinajstić information content (AvgIpc) is 3.13. The third-order valence-corrected chi connectivity index (χ3v) is 5.83. The molecule has 0 unspecified atom stereocenters. The molecule has 1 aromatic carbocycles. The van der Waals surface area contributed by atoms with E-state index >= 15 is 0 Å². The molecule has 0 radical (unpaired) electrons. The topological polar surface area (TPSA) is 78.3 Å². The Kier molecular flexibility index (Phi) is 4.75. The van der Waals surface area contributed by atoms with Crippen LogP contribution < -0.4 is 10.5 Å². The fraction of sp³-hybridized carbons (Fsp3) is 0.348. The third kappa shape index (κ3) is 3.57. The van der Waals surface area contributed by atoms with E-state index in [2.05, 4.69) is 43.0 Å². The van der Waals surface area contributed by atoms with Gasteiger partial charge in [0.2, 0.25) is 0 Å². The summed E-state index contributed by atoms with van der Waals surface area (Å²) in [7, 11) is 0. The van der Waals surface area contributed by atoms with E-state index in [9.17, 15) is 4.79 Å². The highest BCUT2D eigenvalue weighted by Gasteiger charge is 2.18. The fourth-order valence-corrected chi connectivity index (χ4v) is 4.17. The van der Waals surface area contributed by atoms with Gasteiger partial charge in [-0.15, -0.1) is 0 Å². The molecule has 0 spiro atoms. The minimum Gasteiger partial charge on any atom is -0.441 e. The van der Waals surface area contributed by atoms with Crippen LogP contribution in [0.2, 0.25) is 0 Å². The summed E-state index contributed by atoms with van der Waals surface area (Å²) in [6, 6.07) is 10.2. The number of aryl methyl sites for hydroxylation is 2. The van der Waals surface area contributed by atoms with Crippen LogP contribution in [0.4, 0.5) is 5.69 Å². The first-order valence-electron chi connectivity index (χ1n) is 10.4. The first-order chi connectivity index (χ1) is 14.6. The van der Waals surface area contributed by atoms with Crippen molar-refractivity contribution in [3.8, 4) is 0 Å². The third-order valence-electron chi connectivity index (χ3n) is 5.83. The summed E-state index contributed by atoms with van der Waals surface area (Å²) in [5.41, 5.74) is 6.47. The van der Waals surface area contributed by atoms with Crippen molar-refractivity contribution in [2.45, 2.75) is 26.8 Å². The van der Waals surface area contributed by atoms with Gasteiger partial charge >= 0.3 is 0 Å². The lowest BCUT2D eigenvalue weighted by atomic mass is 10.1. The lowest BCUT2D eigenvalue weighted by Crippen LogP contribution is -2.45. The average molecular weight is 403 g/mol. The second-order valence-corrected chi connectivity index (χ2v) is 7.90. The molecule has 1 aliphatic heterocycles. The first kappa shape index (κ1) is 18.8. The van der Waals surface area contributed by atoms with Crippen molar-refractivity contribution in [1.82, 2.24) is 19.9 Å². The van der Waals surface area contributed by atoms with Gasteiger partial charge in [0.1, 0.15) is 5.52 Å². The van der Waals surface area contributed by atoms with E-state index in [0.29, 0.717) is 12.3 Å². The number of rotatable bonds is 4. The van der Waals surface area contributed by atoms with Gasteiger partial charge in [-0.25, -0.2) is 4.98 Å². The fourth-order valence-electron chi connectivity index (χ4n) is 4.17. The highest BCUT2D eigenvalue weighted by Crippen LogP contribution is 2.24. The maximum absolute atomic E-state index is 12.1. The lowest BCUT2D eigenvalue weighted by Gasteiger charge is -2.36. The van der Waals surface area contributed by atoms with Gasteiger partial charge in [-0.1, -0.05) is 6.92 Å². The molecule has 0 saturated carbocycles. The Morgan fingerprint density at radius 1 is 1.10 bits per heavy atom. The largest absolute Gasteiger partial charge is 0.441 e. The van der Waals surface area contributed by atoms with Crippen LogP contribution in [0.1, 0.15) is 23.9 Å². The SMILES string of the molecule is CCc1cc2ncc(CN3CCN(c4ccc5oc(C)nc5c4)CC3)cc2[nH]c1=O. The highest BCUT2D eigenvalue weighted by atomic mass is 16.3. The molecule has 3 aromatic heterocycles. The number of fused-ring (bicyclic) bond motifs is 2. The van der Waals surface area contributed by atoms with E-state index in [1.165, 1.54) is 5.69 Å². The summed E-state index contributed by atoms with van der Waals surface area (Å²) in [4.78, 5) is 28.9. The van der Waals surface area contributed by atoms with E-state index in [1.54, 1.807) is 0 Å². The van der Waals surface area contributed by atoms with Crippen molar-refractivity contribution in [3.63, 3.8) is 0 Å². The predicted molar refractivity (Wildman–Crippen MR) is 118 cm³/mol. The van der Waals surface area contributed by atoms with Crippen LogP contribution in [-0.2, 0) is 13.0 Å². The van der Waals surface area contributed by atoms with Crippen LogP contribution in [0.3, 0.4) is 0 Å². The van der Waals surface area contributed by atoms with Crippen molar-refractivity contribution in [2.75, 3.05) is 31.1 Å². The van der Waals surface area contributed by atoms with Gasteiger partial charge in [0.15, 0.2) is 11.5 Å². The molecule has 1 N–H and O–H groups in total. The molecule has 0 aliphatic carbocycles. The minimum atomic E-state index is -0.0168. The van der Waals surface area contributed by atoms with Crippen LogP contribution in [0.25, 0.3) is 22.1 Å². The van der Waals surface area contributed by atoms with Gasteiger partial charge in [0.05, 0.1) is 11.0 Å². The Labute approximate surface area is 174 Å². The summed E-state index contributed by atoms with van der Waals surface area (Å²) >= 11 is 0. The maximum atomic E-state index is 12.1. The number of aromatic nitrogens is 3. The number of benzene rings is 1. The van der Waals surface area contributed by atoms with Crippen molar-refractivity contribution >= 4 is 27.8 Å². The molecule has 5 rings (SSSR count). The molecule has 0 bridgehead atoms. The Balaban J connectivity index is 1.26. The monoisotopic (exact) mass is 403 g/mol. The van der Waals surface area contributed by atoms with E-state index in [-0.39, 0.29) is 5.56 Å². The van der Waals surface area contributed by atoms with Gasteiger partial charge < -0.3 is 14.3 Å². The molecule has 4 aromatic rings. The highest BCUT2D eigenvalue weighted by molar-refractivity contribution is 5.78. The molecule has 1 saturated heterocycles. The standard InChI is InChI=1S/C23H25N5O2/c1-3-17-11-19-20(26-23(17)29)10-16(13-24-19)14-27-6-8-28(9-7-27)18-4-5-22-21(12-18)25-15(2)30-22/h4-5,10-13H,3,6-9,14H2,1-2H3,(H,26,29). The summed E-state index contributed by atoms with van der Waals surface area (Å²) in [6.45, 7) is 8.54. The molecule has 7 nitrogen and oxygen atoms in total. The molecule has 0 amide bonds. The lowest BCUT2D eigenvalue weighted by molar-refractivity contribution is 0.250. The molecule has 30 heavy (non-hydrogen) atoms. The number of piperazine rings is 1. The number of oxazole rings is 1. The molecule has 1 fully saturated rings. The molecular formula is C23H25N5O2. The predicted octanol–water partition coefficient (Wildman–Crippen LogP) is 3.26.